The zero-order valence-electron chi connectivity index (χ0n) is 19.1. The van der Waals surface area contributed by atoms with Crippen molar-refractivity contribution in [3.8, 4) is 17.2 Å². The molecule has 1 fully saturated rings. The summed E-state index contributed by atoms with van der Waals surface area (Å²) in [6.45, 7) is -13.4. The minimum atomic E-state index is -3.35. The molecule has 6 heteroatoms. The molecule has 1 aliphatic rings. The Labute approximate surface area is 129 Å². The third-order valence-corrected chi connectivity index (χ3v) is 2.53. The summed E-state index contributed by atoms with van der Waals surface area (Å²) >= 11 is 0. The van der Waals surface area contributed by atoms with Gasteiger partial charge in [-0.3, -0.25) is 4.79 Å². The maximum Gasteiger partial charge on any atom is 0.254 e. The van der Waals surface area contributed by atoms with Crippen LogP contribution in [0.2, 0.25) is 0 Å². The number of hydrogen-bond acceptors (Lipinski definition) is 5. The molecule has 0 radical (unpaired) electrons. The highest BCUT2D eigenvalue weighted by Gasteiger charge is 2.22. The van der Waals surface area contributed by atoms with E-state index in [0.717, 1.165) is 12.1 Å². The Bertz CT molecular complexity index is 734. The second-order valence-electron chi connectivity index (χ2n) is 3.58. The SMILES string of the molecule is [2H]C1([2H])OC([2H])([2H])C([2H])([2H])N(C(=O)c2cc(OC)c(OC)c(OC)c2)C1([2H])[2H]. The summed E-state index contributed by atoms with van der Waals surface area (Å²) < 4.78 is 82.2. The normalized spacial score (nSPS) is 30.9. The molecule has 1 aliphatic heterocycles. The van der Waals surface area contributed by atoms with Crippen LogP contribution < -0.4 is 14.2 Å². The number of methoxy groups -OCH3 is 3. The molecule has 0 aromatic heterocycles. The predicted molar refractivity (Wildman–Crippen MR) is 72.8 cm³/mol. The standard InChI is InChI=1S/C14H19NO5/c1-17-11-8-10(9-12(18-2)13(11)19-3)14(16)15-4-6-20-7-5-15/h8-9H,4-7H2,1-3H3/i4D2,5D2,6D2,7D2. The summed E-state index contributed by atoms with van der Waals surface area (Å²) in [5, 5.41) is 0. The zero-order valence-corrected chi connectivity index (χ0v) is 11.1. The van der Waals surface area contributed by atoms with Gasteiger partial charge in [0.05, 0.1) is 45.4 Å². The molecule has 0 N–H and O–H groups in total. The largest absolute Gasteiger partial charge is 0.493 e. The molecule has 110 valence electrons. The first-order valence-electron chi connectivity index (χ1n) is 9.53. The molecule has 1 amide bonds. The Morgan fingerprint density at radius 1 is 1.15 bits per heavy atom. The van der Waals surface area contributed by atoms with E-state index >= 15 is 0 Å². The maximum atomic E-state index is 13.0. The molecule has 6 nitrogen and oxygen atoms in total. The number of amides is 1. The lowest BCUT2D eigenvalue weighted by atomic mass is 10.1. The molecular weight excluding hydrogens is 262 g/mol. The summed E-state index contributed by atoms with van der Waals surface area (Å²) in [4.78, 5) is 12.9. The number of nitrogens with zero attached hydrogens (tertiary/aromatic N) is 1. The van der Waals surface area contributed by atoms with Crippen molar-refractivity contribution < 1.29 is 34.7 Å². The van der Waals surface area contributed by atoms with Gasteiger partial charge in [0.1, 0.15) is 0 Å². The molecule has 0 atom stereocenters. The number of ether oxygens (including phenoxy) is 4. The van der Waals surface area contributed by atoms with Crippen LogP contribution in [0.25, 0.3) is 0 Å². The fraction of sp³-hybridized carbons (Fsp3) is 0.500. The third-order valence-electron chi connectivity index (χ3n) is 2.53. The van der Waals surface area contributed by atoms with Crippen molar-refractivity contribution >= 4 is 5.91 Å². The van der Waals surface area contributed by atoms with Gasteiger partial charge in [-0.05, 0) is 12.1 Å². The minimum Gasteiger partial charge on any atom is -0.493 e. The number of rotatable bonds is 4. The molecule has 1 saturated heterocycles. The molecule has 0 unspecified atom stereocenters. The number of benzene rings is 1. The Hall–Kier alpha value is -1.95. The van der Waals surface area contributed by atoms with E-state index in [0.29, 0.717) is 0 Å². The molecule has 0 aliphatic carbocycles. The monoisotopic (exact) mass is 289 g/mol. The van der Waals surface area contributed by atoms with E-state index in [4.69, 9.17) is 25.2 Å². The van der Waals surface area contributed by atoms with Crippen LogP contribution >= 0.6 is 0 Å². The van der Waals surface area contributed by atoms with E-state index in [-0.39, 0.29) is 27.7 Å². The van der Waals surface area contributed by atoms with Gasteiger partial charge >= 0.3 is 0 Å². The highest BCUT2D eigenvalue weighted by Crippen LogP contribution is 2.38. The average molecular weight is 289 g/mol. The van der Waals surface area contributed by atoms with Crippen molar-refractivity contribution in [2.75, 3.05) is 47.4 Å². The average Bonchev–Trinajstić information content (AvgIpc) is 2.57. The van der Waals surface area contributed by atoms with E-state index in [2.05, 4.69) is 4.74 Å². The molecule has 20 heavy (non-hydrogen) atoms. The zero-order chi connectivity index (χ0) is 21.7. The first kappa shape index (κ1) is 7.17. The van der Waals surface area contributed by atoms with Crippen LogP contribution in [0, 0.1) is 0 Å². The predicted octanol–water partition coefficient (Wildman–Crippen LogP) is 1.18. The lowest BCUT2D eigenvalue weighted by molar-refractivity contribution is 0.0302. The van der Waals surface area contributed by atoms with Crippen molar-refractivity contribution in [2.24, 2.45) is 0 Å². The lowest BCUT2D eigenvalue weighted by Gasteiger charge is -2.27. The quantitative estimate of drug-likeness (QED) is 0.833. The van der Waals surface area contributed by atoms with Gasteiger partial charge in [0.25, 0.3) is 5.91 Å². The Balaban J connectivity index is 2.69. The molecule has 0 spiro atoms. The fourth-order valence-electron chi connectivity index (χ4n) is 1.63. The molecule has 1 aromatic carbocycles. The van der Waals surface area contributed by atoms with Gasteiger partial charge in [0.2, 0.25) is 5.75 Å². The number of morpholine rings is 1. The Kier molecular flexibility index (Phi) is 2.32. The van der Waals surface area contributed by atoms with Crippen LogP contribution in [0.15, 0.2) is 12.1 Å². The van der Waals surface area contributed by atoms with Crippen LogP contribution in [0.5, 0.6) is 17.2 Å². The van der Waals surface area contributed by atoms with Crippen molar-refractivity contribution in [3.63, 3.8) is 0 Å². The topological polar surface area (TPSA) is 57.2 Å². The van der Waals surface area contributed by atoms with E-state index in [1.165, 1.54) is 21.3 Å². The van der Waals surface area contributed by atoms with Gasteiger partial charge < -0.3 is 23.8 Å². The van der Waals surface area contributed by atoms with Crippen molar-refractivity contribution in [1.29, 1.82) is 0 Å². The van der Waals surface area contributed by atoms with Gasteiger partial charge in [-0.15, -0.1) is 0 Å². The van der Waals surface area contributed by atoms with E-state index < -0.39 is 32.0 Å². The highest BCUT2D eigenvalue weighted by atomic mass is 16.5. The smallest absolute Gasteiger partial charge is 0.254 e. The number of carbonyl (C=O) groups excluding carboxylic acids is 1. The number of carbonyl (C=O) groups is 1. The van der Waals surface area contributed by atoms with Gasteiger partial charge in [-0.2, -0.15) is 0 Å². The summed E-state index contributed by atoms with van der Waals surface area (Å²) in [5.74, 6) is -1.18. The van der Waals surface area contributed by atoms with Crippen LogP contribution in [-0.2, 0) is 4.74 Å². The maximum absolute atomic E-state index is 13.0. The lowest BCUT2D eigenvalue weighted by Crippen LogP contribution is -2.40. The minimum absolute atomic E-state index is 0.0191. The van der Waals surface area contributed by atoms with Gasteiger partial charge in [0, 0.05) is 18.6 Å². The highest BCUT2D eigenvalue weighted by molar-refractivity contribution is 5.95. The van der Waals surface area contributed by atoms with E-state index in [1.54, 1.807) is 0 Å². The van der Waals surface area contributed by atoms with Crippen molar-refractivity contribution in [1.82, 2.24) is 4.90 Å². The van der Waals surface area contributed by atoms with Gasteiger partial charge in [-0.1, -0.05) is 0 Å². The van der Waals surface area contributed by atoms with Crippen LogP contribution in [-0.4, -0.2) is 58.2 Å². The summed E-state index contributed by atoms with van der Waals surface area (Å²) in [6.07, 6.45) is 0. The molecule has 1 aromatic rings. The first-order valence-corrected chi connectivity index (χ1v) is 5.53. The summed E-state index contributed by atoms with van der Waals surface area (Å²) in [5.41, 5.74) is -0.337. The third kappa shape index (κ3) is 2.80. The second-order valence-corrected chi connectivity index (χ2v) is 3.58. The van der Waals surface area contributed by atoms with Crippen LogP contribution in [0.4, 0.5) is 0 Å². The Morgan fingerprint density at radius 2 is 1.70 bits per heavy atom. The first-order chi connectivity index (χ1) is 12.7. The molecule has 0 bridgehead atoms. The summed E-state index contributed by atoms with van der Waals surface area (Å²) in [6, 6.07) is 2.24. The second kappa shape index (κ2) is 6.47. The van der Waals surface area contributed by atoms with Crippen LogP contribution in [0.1, 0.15) is 21.3 Å². The van der Waals surface area contributed by atoms with Gasteiger partial charge in [-0.25, -0.2) is 0 Å². The number of hydrogen-bond donors (Lipinski definition) is 0. The van der Waals surface area contributed by atoms with E-state index in [9.17, 15) is 4.79 Å². The molecule has 2 rings (SSSR count). The van der Waals surface area contributed by atoms with Crippen molar-refractivity contribution in [3.05, 3.63) is 17.7 Å². The van der Waals surface area contributed by atoms with Crippen molar-refractivity contribution in [2.45, 2.75) is 0 Å². The summed E-state index contributed by atoms with van der Waals surface area (Å²) in [7, 11) is 3.87. The molecular formula is C14H19NO5. The Morgan fingerprint density at radius 3 is 2.15 bits per heavy atom. The van der Waals surface area contributed by atoms with E-state index in [1.807, 2.05) is 0 Å². The van der Waals surface area contributed by atoms with Gasteiger partial charge in [0.15, 0.2) is 11.5 Å². The molecule has 1 heterocycles. The fourth-order valence-corrected chi connectivity index (χ4v) is 1.63. The van der Waals surface area contributed by atoms with Crippen LogP contribution in [0.3, 0.4) is 0 Å². The molecule has 0 saturated carbocycles.